The number of pyridine rings is 1. The van der Waals surface area contributed by atoms with Gasteiger partial charge in [-0.05, 0) is 24.6 Å². The molecule has 3 nitrogen and oxygen atoms in total. The molecular formula is C12H13ClN2OS. The fraction of sp³-hybridized carbons (Fsp3) is 0.250. The van der Waals surface area contributed by atoms with E-state index in [2.05, 4.69) is 10.3 Å². The predicted molar refractivity (Wildman–Crippen MR) is 71.0 cm³/mol. The number of hydrogen-bond donors (Lipinski definition) is 1. The molecule has 2 heterocycles. The van der Waals surface area contributed by atoms with E-state index in [0.717, 1.165) is 21.2 Å². The van der Waals surface area contributed by atoms with E-state index in [0.29, 0.717) is 0 Å². The molecular weight excluding hydrogens is 256 g/mol. The number of nitrogens with zero attached hydrogens (tertiary/aromatic N) is 1. The summed E-state index contributed by atoms with van der Waals surface area (Å²) in [5.74, 6) is 0.760. The third kappa shape index (κ3) is 2.44. The van der Waals surface area contributed by atoms with Gasteiger partial charge in [0, 0.05) is 16.6 Å². The average molecular weight is 269 g/mol. The molecule has 0 aromatic carbocycles. The minimum atomic E-state index is 0.0282. The Bertz CT molecular complexity index is 501. The maximum atomic E-state index is 6.17. The SMILES string of the molecule is CNC(c1ccncc1OC)c1sccc1Cl. The van der Waals surface area contributed by atoms with Crippen LogP contribution < -0.4 is 10.1 Å². The lowest BCUT2D eigenvalue weighted by atomic mass is 10.1. The fourth-order valence-corrected chi connectivity index (χ4v) is 3.03. The van der Waals surface area contributed by atoms with Crippen molar-refractivity contribution in [1.82, 2.24) is 10.3 Å². The van der Waals surface area contributed by atoms with Crippen molar-refractivity contribution >= 4 is 22.9 Å². The molecule has 2 aromatic heterocycles. The normalized spacial score (nSPS) is 12.4. The van der Waals surface area contributed by atoms with Gasteiger partial charge in [0.2, 0.25) is 0 Å². The Morgan fingerprint density at radius 2 is 2.29 bits per heavy atom. The number of rotatable bonds is 4. The lowest BCUT2D eigenvalue weighted by Gasteiger charge is -2.18. The van der Waals surface area contributed by atoms with Gasteiger partial charge in [0.25, 0.3) is 0 Å². The van der Waals surface area contributed by atoms with Gasteiger partial charge in [0.05, 0.1) is 24.4 Å². The first kappa shape index (κ1) is 12.4. The molecule has 0 aliphatic heterocycles. The van der Waals surface area contributed by atoms with Crippen molar-refractivity contribution in [3.8, 4) is 5.75 Å². The standard InChI is InChI=1S/C12H13ClN2OS/c1-14-11(12-9(13)4-6-17-12)8-3-5-15-7-10(8)16-2/h3-7,11,14H,1-2H3. The van der Waals surface area contributed by atoms with Crippen LogP contribution in [0.3, 0.4) is 0 Å². The first-order chi connectivity index (χ1) is 8.27. The molecule has 0 radical (unpaired) electrons. The van der Waals surface area contributed by atoms with E-state index in [9.17, 15) is 0 Å². The minimum absolute atomic E-state index is 0.0282. The molecule has 17 heavy (non-hydrogen) atoms. The number of ether oxygens (including phenoxy) is 1. The third-order valence-electron chi connectivity index (χ3n) is 2.54. The fourth-order valence-electron chi connectivity index (χ4n) is 1.74. The van der Waals surface area contributed by atoms with Crippen molar-refractivity contribution in [1.29, 1.82) is 0 Å². The molecule has 0 saturated heterocycles. The lowest BCUT2D eigenvalue weighted by molar-refractivity contribution is 0.403. The average Bonchev–Trinajstić information content (AvgIpc) is 2.78. The van der Waals surface area contributed by atoms with Crippen molar-refractivity contribution < 1.29 is 4.74 Å². The zero-order valence-electron chi connectivity index (χ0n) is 9.61. The van der Waals surface area contributed by atoms with Crippen LogP contribution in [0.4, 0.5) is 0 Å². The molecule has 1 atom stereocenters. The molecule has 1 unspecified atom stereocenters. The van der Waals surface area contributed by atoms with Crippen molar-refractivity contribution in [3.05, 3.63) is 45.4 Å². The highest BCUT2D eigenvalue weighted by molar-refractivity contribution is 7.10. The van der Waals surface area contributed by atoms with E-state index in [1.165, 1.54) is 0 Å². The first-order valence-corrected chi connectivity index (χ1v) is 6.41. The van der Waals surface area contributed by atoms with Crippen LogP contribution in [0.25, 0.3) is 0 Å². The van der Waals surface area contributed by atoms with Gasteiger partial charge in [0.15, 0.2) is 0 Å². The summed E-state index contributed by atoms with van der Waals surface area (Å²) in [5.41, 5.74) is 1.04. The van der Waals surface area contributed by atoms with Gasteiger partial charge in [-0.1, -0.05) is 11.6 Å². The predicted octanol–water partition coefficient (Wildman–Crippen LogP) is 3.11. The summed E-state index contributed by atoms with van der Waals surface area (Å²) in [4.78, 5) is 5.14. The Morgan fingerprint density at radius 1 is 1.47 bits per heavy atom. The van der Waals surface area contributed by atoms with Crippen molar-refractivity contribution in [2.24, 2.45) is 0 Å². The summed E-state index contributed by atoms with van der Waals surface area (Å²) in [6, 6.07) is 3.87. The second-order valence-corrected chi connectivity index (χ2v) is 4.83. The van der Waals surface area contributed by atoms with Crippen LogP contribution in [0.5, 0.6) is 5.75 Å². The Balaban J connectivity index is 2.46. The highest BCUT2D eigenvalue weighted by atomic mass is 35.5. The summed E-state index contributed by atoms with van der Waals surface area (Å²) in [6.07, 6.45) is 3.46. The Hall–Kier alpha value is -1.10. The van der Waals surface area contributed by atoms with Crippen molar-refractivity contribution in [2.45, 2.75) is 6.04 Å². The summed E-state index contributed by atoms with van der Waals surface area (Å²) < 4.78 is 5.33. The number of halogens is 1. The van der Waals surface area contributed by atoms with Crippen LogP contribution in [0, 0.1) is 0 Å². The number of thiophene rings is 1. The summed E-state index contributed by atoms with van der Waals surface area (Å²) in [7, 11) is 3.55. The third-order valence-corrected chi connectivity index (χ3v) is 3.97. The number of methoxy groups -OCH3 is 1. The van der Waals surface area contributed by atoms with E-state index in [-0.39, 0.29) is 6.04 Å². The molecule has 0 aliphatic rings. The van der Waals surface area contributed by atoms with E-state index >= 15 is 0 Å². The molecule has 2 aromatic rings. The van der Waals surface area contributed by atoms with Crippen LogP contribution in [0.1, 0.15) is 16.5 Å². The maximum Gasteiger partial charge on any atom is 0.142 e. The zero-order chi connectivity index (χ0) is 12.3. The smallest absolute Gasteiger partial charge is 0.142 e. The topological polar surface area (TPSA) is 34.2 Å². The molecule has 0 aliphatic carbocycles. The summed E-state index contributed by atoms with van der Waals surface area (Å²) in [5, 5.41) is 6.01. The van der Waals surface area contributed by atoms with Crippen LogP contribution in [-0.2, 0) is 0 Å². The zero-order valence-corrected chi connectivity index (χ0v) is 11.2. The maximum absolute atomic E-state index is 6.17. The van der Waals surface area contributed by atoms with Gasteiger partial charge in [-0.3, -0.25) is 4.98 Å². The molecule has 0 spiro atoms. The van der Waals surface area contributed by atoms with E-state index in [1.807, 2.05) is 24.6 Å². The van der Waals surface area contributed by atoms with Crippen LogP contribution in [0.2, 0.25) is 5.02 Å². The van der Waals surface area contributed by atoms with Crippen molar-refractivity contribution in [2.75, 3.05) is 14.2 Å². The molecule has 90 valence electrons. The Morgan fingerprint density at radius 3 is 2.88 bits per heavy atom. The summed E-state index contributed by atoms with van der Waals surface area (Å²) >= 11 is 7.80. The molecule has 1 N–H and O–H groups in total. The molecule has 2 rings (SSSR count). The Labute approximate surface area is 109 Å². The number of hydrogen-bond acceptors (Lipinski definition) is 4. The molecule has 0 fully saturated rings. The quantitative estimate of drug-likeness (QED) is 0.925. The number of nitrogens with one attached hydrogen (secondary N) is 1. The first-order valence-electron chi connectivity index (χ1n) is 5.16. The highest BCUT2D eigenvalue weighted by Crippen LogP contribution is 2.35. The van der Waals surface area contributed by atoms with Crippen LogP contribution in [-0.4, -0.2) is 19.1 Å². The van der Waals surface area contributed by atoms with Crippen LogP contribution >= 0.6 is 22.9 Å². The van der Waals surface area contributed by atoms with Gasteiger partial charge >= 0.3 is 0 Å². The molecule has 0 bridgehead atoms. The van der Waals surface area contributed by atoms with Gasteiger partial charge in [-0.25, -0.2) is 0 Å². The van der Waals surface area contributed by atoms with E-state index in [1.54, 1.807) is 30.8 Å². The van der Waals surface area contributed by atoms with Gasteiger partial charge in [-0.15, -0.1) is 11.3 Å². The highest BCUT2D eigenvalue weighted by Gasteiger charge is 2.19. The molecule has 5 heteroatoms. The molecule has 0 saturated carbocycles. The van der Waals surface area contributed by atoms with E-state index < -0.39 is 0 Å². The van der Waals surface area contributed by atoms with Gasteiger partial charge in [-0.2, -0.15) is 0 Å². The minimum Gasteiger partial charge on any atom is -0.495 e. The monoisotopic (exact) mass is 268 g/mol. The van der Waals surface area contributed by atoms with Crippen LogP contribution in [0.15, 0.2) is 29.9 Å². The number of aromatic nitrogens is 1. The lowest BCUT2D eigenvalue weighted by Crippen LogP contribution is -2.17. The van der Waals surface area contributed by atoms with Gasteiger partial charge in [0.1, 0.15) is 5.75 Å². The second kappa shape index (κ2) is 5.49. The Kier molecular flexibility index (Phi) is 3.99. The van der Waals surface area contributed by atoms with Gasteiger partial charge < -0.3 is 10.1 Å². The van der Waals surface area contributed by atoms with Crippen molar-refractivity contribution in [3.63, 3.8) is 0 Å². The largest absolute Gasteiger partial charge is 0.495 e. The second-order valence-electron chi connectivity index (χ2n) is 3.47. The molecule has 0 amide bonds. The summed E-state index contributed by atoms with van der Waals surface area (Å²) in [6.45, 7) is 0. The van der Waals surface area contributed by atoms with E-state index in [4.69, 9.17) is 16.3 Å².